The zero-order chi connectivity index (χ0) is 20.9. The van der Waals surface area contributed by atoms with Crippen molar-refractivity contribution < 1.29 is 56.2 Å². The number of nitrogens with zero attached hydrogens (tertiary/aromatic N) is 5. The van der Waals surface area contributed by atoms with Gasteiger partial charge in [0.15, 0.2) is 6.29 Å². The average Bonchev–Trinajstić information content (AvgIpc) is 3.41. The topological polar surface area (TPSA) is 88.9 Å². The first-order valence-electron chi connectivity index (χ1n) is 9.96. The number of aldehydes is 1. The van der Waals surface area contributed by atoms with Crippen LogP contribution in [-0.2, 0) is 11.3 Å². The minimum atomic E-state index is -0.0868. The molecule has 0 bridgehead atoms. The second-order valence-electron chi connectivity index (χ2n) is 7.15. The quantitative estimate of drug-likeness (QED) is 0.315. The van der Waals surface area contributed by atoms with E-state index < -0.39 is 0 Å². The molecule has 0 amide bonds. The Balaban J connectivity index is 0.00000272. The molecule has 1 N–H and O–H groups in total. The molecule has 1 aromatic heterocycles. The molecule has 0 fully saturated rings. The first-order valence-corrected chi connectivity index (χ1v) is 10.3. The summed E-state index contributed by atoms with van der Waals surface area (Å²) in [7, 11) is 0. The summed E-state index contributed by atoms with van der Waals surface area (Å²) in [6.45, 7) is 2.72. The van der Waals surface area contributed by atoms with Crippen LogP contribution >= 0.6 is 11.6 Å². The number of allylic oxidation sites excluding steroid dienone is 1. The smallest absolute Gasteiger partial charge is 0.654 e. The number of hydrogen-bond acceptors (Lipinski definition) is 5. The van der Waals surface area contributed by atoms with E-state index in [2.05, 4.69) is 57.1 Å². The van der Waals surface area contributed by atoms with Gasteiger partial charge in [0.1, 0.15) is 0 Å². The Bertz CT molecular complexity index is 1040. The van der Waals surface area contributed by atoms with Crippen molar-refractivity contribution in [3.8, 4) is 22.5 Å². The Kier molecular flexibility index (Phi) is 8.82. The van der Waals surface area contributed by atoms with Crippen LogP contribution in [-0.4, -0.2) is 38.0 Å². The fraction of sp³-hybridized carbons (Fsp3) is 0.273. The summed E-state index contributed by atoms with van der Waals surface area (Å²) in [4.78, 5) is 13.6. The Labute approximate surface area is 229 Å². The van der Waals surface area contributed by atoms with Gasteiger partial charge in [-0.15, -0.1) is 21.8 Å². The van der Waals surface area contributed by atoms with Gasteiger partial charge in [-0.25, -0.2) is 0 Å². The van der Waals surface area contributed by atoms with Gasteiger partial charge in [-0.05, 0) is 39.6 Å². The van der Waals surface area contributed by atoms with Crippen LogP contribution in [0.2, 0.25) is 0 Å². The van der Waals surface area contributed by atoms with E-state index in [9.17, 15) is 4.79 Å². The number of carbonyl (C=O) groups is 1. The number of halogens is 1. The molecule has 0 radical (unpaired) electrons. The zero-order valence-corrected chi connectivity index (χ0v) is 21.5. The van der Waals surface area contributed by atoms with Crippen LogP contribution in [0.4, 0.5) is 0 Å². The van der Waals surface area contributed by atoms with Crippen LogP contribution in [0.15, 0.2) is 59.4 Å². The average molecular weight is 461 g/mol. The van der Waals surface area contributed by atoms with Gasteiger partial charge in [0.2, 0.25) is 5.82 Å². The predicted molar refractivity (Wildman–Crippen MR) is 116 cm³/mol. The number of aromatic nitrogens is 4. The third kappa shape index (κ3) is 5.45. The number of nitrogens with one attached hydrogen (secondary N) is 1. The molecule has 2 heterocycles. The molecule has 7 nitrogen and oxygen atoms in total. The van der Waals surface area contributed by atoms with Crippen LogP contribution in [0.5, 0.6) is 0 Å². The number of rotatable bonds is 8. The summed E-state index contributed by atoms with van der Waals surface area (Å²) in [5.41, 5.74) is 4.54. The molecular weight excluding hydrogens is 439 g/mol. The summed E-state index contributed by atoms with van der Waals surface area (Å²) in [6.07, 6.45) is 3.69. The van der Waals surface area contributed by atoms with Gasteiger partial charge in [0, 0.05) is 12.1 Å². The molecule has 154 valence electrons. The van der Waals surface area contributed by atoms with Crippen molar-refractivity contribution in [2.75, 3.05) is 0 Å². The first-order chi connectivity index (χ1) is 14.7. The van der Waals surface area contributed by atoms with Gasteiger partial charge in [-0.2, -0.15) is 5.21 Å². The maximum absolute atomic E-state index is 11.6. The summed E-state index contributed by atoms with van der Waals surface area (Å²) in [5, 5.41) is 19.1. The normalized spacial score (nSPS) is 15.5. The molecule has 0 spiro atoms. The third-order valence-electron chi connectivity index (χ3n) is 5.20. The van der Waals surface area contributed by atoms with Gasteiger partial charge >= 0.3 is 51.4 Å². The Morgan fingerprint density at radius 3 is 2.55 bits per heavy atom. The number of hydrogen-bond donors (Lipinski definition) is 1. The van der Waals surface area contributed by atoms with Crippen LogP contribution in [0, 0.1) is 0 Å². The van der Waals surface area contributed by atoms with E-state index in [4.69, 9.17) is 11.6 Å². The van der Waals surface area contributed by atoms with E-state index >= 15 is 0 Å². The molecule has 9 heteroatoms. The van der Waals surface area contributed by atoms with Crippen molar-refractivity contribution >= 4 is 17.9 Å². The van der Waals surface area contributed by atoms with Crippen LogP contribution < -0.4 is 51.4 Å². The zero-order valence-electron chi connectivity index (χ0n) is 17.6. The van der Waals surface area contributed by atoms with Crippen molar-refractivity contribution in [2.45, 2.75) is 38.9 Å². The Morgan fingerprint density at radius 1 is 1.16 bits per heavy atom. The minimum Gasteiger partial charge on any atom is -0.654 e. The van der Waals surface area contributed by atoms with Gasteiger partial charge in [0.25, 0.3) is 0 Å². The number of unbranched alkanes of at least 4 members (excludes halogenated alkanes) is 1. The van der Waals surface area contributed by atoms with Crippen molar-refractivity contribution in [2.24, 2.45) is 0 Å². The number of carbonyl (C=O) groups excluding carboxylic acids is 1. The first kappa shape index (κ1) is 24.1. The van der Waals surface area contributed by atoms with E-state index in [-0.39, 0.29) is 57.6 Å². The van der Waals surface area contributed by atoms with Gasteiger partial charge in [-0.1, -0.05) is 68.3 Å². The third-order valence-corrected chi connectivity index (χ3v) is 5.49. The molecule has 1 atom stereocenters. The molecule has 31 heavy (non-hydrogen) atoms. The Hall–Kier alpha value is -1.55. The molecule has 1 unspecified atom stereocenters. The second-order valence-corrected chi connectivity index (χ2v) is 7.51. The molecular formula is C22H22ClKN6O. The van der Waals surface area contributed by atoms with Crippen LogP contribution in [0.3, 0.4) is 0 Å². The molecule has 2 aromatic carbocycles. The Morgan fingerprint density at radius 2 is 1.90 bits per heavy atom. The van der Waals surface area contributed by atoms with Gasteiger partial charge in [-0.3, -0.25) is 4.79 Å². The predicted octanol–water partition coefficient (Wildman–Crippen LogP) is 1.85. The standard InChI is InChI=1S/C22H23ClN6O.K/c1-2-3-8-20-24-21(23)19(14-30)29(20)13-15-9-11-16(12-10-15)17-6-4-5-7-18(17)22-25-27-28-26-22;/h4-7,9-12,14,20H,2-3,8,13H2,1H3,(H2,24,25,26,27,28,30);/q;+1/p-1. The van der Waals surface area contributed by atoms with Crippen molar-refractivity contribution in [1.29, 1.82) is 0 Å². The summed E-state index contributed by atoms with van der Waals surface area (Å²) < 4.78 is 0. The minimum absolute atomic E-state index is 0. The maximum atomic E-state index is 11.6. The monoisotopic (exact) mass is 460 g/mol. The molecule has 4 rings (SSSR count). The van der Waals surface area contributed by atoms with E-state index in [1.807, 2.05) is 29.2 Å². The molecule has 0 aliphatic carbocycles. The molecule has 1 aliphatic heterocycles. The number of tetrazole rings is 1. The second kappa shape index (κ2) is 11.4. The van der Waals surface area contributed by atoms with Crippen LogP contribution in [0.25, 0.3) is 27.8 Å². The summed E-state index contributed by atoms with van der Waals surface area (Å²) >= 11 is 6.21. The number of H-pyrrole nitrogens is 1. The van der Waals surface area contributed by atoms with Crippen molar-refractivity contribution in [3.63, 3.8) is 0 Å². The molecule has 1 aliphatic rings. The largest absolute Gasteiger partial charge is 1.00 e. The number of benzene rings is 2. The van der Waals surface area contributed by atoms with Gasteiger partial charge < -0.3 is 10.2 Å². The SMILES string of the molecule is CCCCC1[N-]C(Cl)=C(C=O)N1Cc1ccc(-c2ccccc2-c2nn[nH]n2)cc1.[K+]. The van der Waals surface area contributed by atoms with Crippen molar-refractivity contribution in [3.05, 3.63) is 70.3 Å². The summed E-state index contributed by atoms with van der Waals surface area (Å²) in [5.74, 6) is 0.558. The fourth-order valence-corrected chi connectivity index (χ4v) is 3.92. The van der Waals surface area contributed by atoms with E-state index in [1.165, 1.54) is 0 Å². The van der Waals surface area contributed by atoms with E-state index in [0.29, 0.717) is 23.2 Å². The molecule has 0 saturated heterocycles. The number of aromatic amines is 1. The fourth-order valence-electron chi connectivity index (χ4n) is 3.65. The van der Waals surface area contributed by atoms with Crippen LogP contribution in [0.1, 0.15) is 31.7 Å². The molecule has 0 saturated carbocycles. The van der Waals surface area contributed by atoms with E-state index in [1.54, 1.807) is 0 Å². The van der Waals surface area contributed by atoms with E-state index in [0.717, 1.165) is 47.8 Å². The molecule has 3 aromatic rings. The maximum Gasteiger partial charge on any atom is 1.00 e. The summed E-state index contributed by atoms with van der Waals surface area (Å²) in [6, 6.07) is 16.2. The van der Waals surface area contributed by atoms with Gasteiger partial charge in [0.05, 0.1) is 5.70 Å². The van der Waals surface area contributed by atoms with Crippen molar-refractivity contribution in [1.82, 2.24) is 25.5 Å².